The maximum Gasteiger partial charge on any atom is 0.401 e. The van der Waals surface area contributed by atoms with Gasteiger partial charge in [0.05, 0.1) is 16.9 Å². The van der Waals surface area contributed by atoms with Crippen LogP contribution in [0.15, 0.2) is 47.4 Å². The highest BCUT2D eigenvalue weighted by molar-refractivity contribution is 8.07. The molecule has 4 heterocycles. The summed E-state index contributed by atoms with van der Waals surface area (Å²) in [5.74, 6) is -0.394. The molecule has 1 unspecified atom stereocenters. The topological polar surface area (TPSA) is 111 Å². The predicted octanol–water partition coefficient (Wildman–Crippen LogP) is 5.48. The van der Waals surface area contributed by atoms with Crippen molar-refractivity contribution >= 4 is 35.1 Å². The number of carbonyl (C=O) groups is 1. The van der Waals surface area contributed by atoms with Crippen molar-refractivity contribution in [3.63, 3.8) is 0 Å². The molecule has 2 fully saturated rings. The Morgan fingerprint density at radius 1 is 1.18 bits per heavy atom. The SMILES string of the molecule is Cn1cc(Nc2ncc(-c3ccc(CC(=O)Nc4cc(C5(C(F)(F)F)CC5)on4)c(F)c3)cn2)c(C2(C)CS2)n1. The fourth-order valence-corrected chi connectivity index (χ4v) is 5.10. The maximum absolute atomic E-state index is 14.9. The molecule has 40 heavy (non-hydrogen) atoms. The molecule has 2 aliphatic rings. The first-order valence-electron chi connectivity index (χ1n) is 12.4. The van der Waals surface area contributed by atoms with E-state index in [0.29, 0.717) is 17.1 Å². The van der Waals surface area contributed by atoms with Crippen molar-refractivity contribution in [1.82, 2.24) is 24.9 Å². The van der Waals surface area contributed by atoms with E-state index in [1.165, 1.54) is 12.1 Å². The van der Waals surface area contributed by atoms with E-state index < -0.39 is 23.3 Å². The van der Waals surface area contributed by atoms with Gasteiger partial charge in [-0.15, -0.1) is 11.8 Å². The van der Waals surface area contributed by atoms with Crippen LogP contribution in [-0.4, -0.2) is 42.7 Å². The molecule has 3 aromatic heterocycles. The van der Waals surface area contributed by atoms with Gasteiger partial charge in [-0.2, -0.15) is 18.3 Å². The standard InChI is InChI=1S/C26H23F4N7O2S/c1-24(13-40-24)22-18(12-37(2)35-22)33-23-31-10-16(11-32-23)14-3-4-15(17(27)7-14)8-21(38)34-20-9-19(39-36-20)25(5-6-25)26(28,29)30/h3-4,7,9-12H,5-6,8,13H2,1-2H3,(H,31,32,33)(H,34,36,38). The molecular weight excluding hydrogens is 550 g/mol. The third kappa shape index (κ3) is 4.91. The number of hydrogen-bond acceptors (Lipinski definition) is 8. The molecule has 0 spiro atoms. The molecule has 6 rings (SSSR count). The molecule has 1 aliphatic carbocycles. The lowest BCUT2D eigenvalue weighted by Crippen LogP contribution is -2.28. The van der Waals surface area contributed by atoms with Crippen molar-refractivity contribution in [3.8, 4) is 11.1 Å². The molecular formula is C26H23F4N7O2S. The van der Waals surface area contributed by atoms with Crippen LogP contribution in [0.25, 0.3) is 11.1 Å². The summed E-state index contributed by atoms with van der Waals surface area (Å²) in [5.41, 5.74) is 0.912. The van der Waals surface area contributed by atoms with Crippen LogP contribution in [0.3, 0.4) is 0 Å². The lowest BCUT2D eigenvalue weighted by atomic mass is 10.0. The van der Waals surface area contributed by atoms with Gasteiger partial charge in [0.1, 0.15) is 16.9 Å². The molecule has 4 aromatic rings. The Hall–Kier alpha value is -3.94. The zero-order valence-corrected chi connectivity index (χ0v) is 22.2. The Morgan fingerprint density at radius 2 is 1.90 bits per heavy atom. The minimum atomic E-state index is -4.46. The quantitative estimate of drug-likeness (QED) is 0.211. The number of carbonyl (C=O) groups excluding carboxylic acids is 1. The van der Waals surface area contributed by atoms with Crippen LogP contribution in [0.2, 0.25) is 0 Å². The third-order valence-electron chi connectivity index (χ3n) is 7.08. The highest BCUT2D eigenvalue weighted by atomic mass is 32.2. The van der Waals surface area contributed by atoms with Gasteiger partial charge in [-0.3, -0.25) is 9.48 Å². The number of aromatic nitrogens is 5. The van der Waals surface area contributed by atoms with Crippen LogP contribution in [0.4, 0.5) is 35.0 Å². The summed E-state index contributed by atoms with van der Waals surface area (Å²) in [6.45, 7) is 2.13. The Balaban J connectivity index is 1.09. The fraction of sp³-hybridized carbons (Fsp3) is 0.346. The van der Waals surface area contributed by atoms with Crippen molar-refractivity contribution in [2.24, 2.45) is 7.05 Å². The first kappa shape index (κ1) is 26.3. The summed E-state index contributed by atoms with van der Waals surface area (Å²) in [7, 11) is 1.85. The van der Waals surface area contributed by atoms with E-state index in [4.69, 9.17) is 4.52 Å². The summed E-state index contributed by atoms with van der Waals surface area (Å²) in [5, 5.41) is 13.6. The number of benzene rings is 1. The summed E-state index contributed by atoms with van der Waals surface area (Å²) < 4.78 is 61.2. The van der Waals surface area contributed by atoms with Crippen molar-refractivity contribution < 1.29 is 26.9 Å². The predicted molar refractivity (Wildman–Crippen MR) is 140 cm³/mol. The van der Waals surface area contributed by atoms with Gasteiger partial charge in [-0.25, -0.2) is 14.4 Å². The lowest BCUT2D eigenvalue weighted by Gasteiger charge is -2.14. The number of hydrogen-bond donors (Lipinski definition) is 2. The van der Waals surface area contributed by atoms with Gasteiger partial charge in [-0.1, -0.05) is 17.3 Å². The highest BCUT2D eigenvalue weighted by Gasteiger charge is 2.67. The van der Waals surface area contributed by atoms with E-state index in [1.54, 1.807) is 23.1 Å². The minimum absolute atomic E-state index is 0.0236. The normalized spacial score (nSPS) is 19.4. The number of rotatable bonds is 8. The van der Waals surface area contributed by atoms with Crippen LogP contribution in [-0.2, 0) is 28.4 Å². The van der Waals surface area contributed by atoms with Crippen LogP contribution in [0, 0.1) is 5.82 Å². The van der Waals surface area contributed by atoms with Gasteiger partial charge in [0.2, 0.25) is 11.9 Å². The molecule has 14 heteroatoms. The van der Waals surface area contributed by atoms with Gasteiger partial charge in [0.25, 0.3) is 0 Å². The zero-order chi connectivity index (χ0) is 28.3. The Kier molecular flexibility index (Phi) is 6.13. The van der Waals surface area contributed by atoms with Crippen molar-refractivity contribution in [3.05, 3.63) is 65.7 Å². The molecule has 1 amide bonds. The second-order valence-electron chi connectivity index (χ2n) is 10.2. The number of halogens is 4. The van der Waals surface area contributed by atoms with Crippen molar-refractivity contribution in [2.75, 3.05) is 16.4 Å². The van der Waals surface area contributed by atoms with Gasteiger partial charge < -0.3 is 15.2 Å². The molecule has 208 valence electrons. The summed E-state index contributed by atoms with van der Waals surface area (Å²) in [6.07, 6.45) is 0.0104. The van der Waals surface area contributed by atoms with E-state index in [-0.39, 0.29) is 41.2 Å². The van der Waals surface area contributed by atoms with Crippen molar-refractivity contribution in [1.29, 1.82) is 0 Å². The molecule has 2 N–H and O–H groups in total. The van der Waals surface area contributed by atoms with E-state index in [0.717, 1.165) is 23.2 Å². The van der Waals surface area contributed by atoms with Gasteiger partial charge in [0.15, 0.2) is 11.6 Å². The van der Waals surface area contributed by atoms with E-state index in [2.05, 4.69) is 37.8 Å². The molecule has 1 saturated heterocycles. The number of nitrogens with zero attached hydrogens (tertiary/aromatic N) is 5. The molecule has 0 radical (unpaired) electrons. The summed E-state index contributed by atoms with van der Waals surface area (Å²) in [6, 6.07) is 5.43. The monoisotopic (exact) mass is 573 g/mol. The molecule has 1 atom stereocenters. The Bertz CT molecular complexity index is 1590. The van der Waals surface area contributed by atoms with Gasteiger partial charge in [0, 0.05) is 43.0 Å². The molecule has 9 nitrogen and oxygen atoms in total. The maximum atomic E-state index is 14.9. The summed E-state index contributed by atoms with van der Waals surface area (Å²) in [4.78, 5) is 21.1. The van der Waals surface area contributed by atoms with Crippen LogP contribution < -0.4 is 10.6 Å². The molecule has 1 aromatic carbocycles. The third-order valence-corrected chi connectivity index (χ3v) is 8.43. The van der Waals surface area contributed by atoms with Crippen LogP contribution >= 0.6 is 11.8 Å². The molecule has 0 bridgehead atoms. The lowest BCUT2D eigenvalue weighted by molar-refractivity contribution is -0.165. The number of thioether (sulfide) groups is 1. The average Bonchev–Trinajstić information content (AvgIpc) is 3.78. The second-order valence-corrected chi connectivity index (χ2v) is 11.7. The average molecular weight is 574 g/mol. The van der Waals surface area contributed by atoms with E-state index >= 15 is 0 Å². The second kappa shape index (κ2) is 9.32. The molecule has 1 aliphatic heterocycles. The van der Waals surface area contributed by atoms with Gasteiger partial charge >= 0.3 is 6.18 Å². The Morgan fingerprint density at radius 3 is 2.52 bits per heavy atom. The number of aryl methyl sites for hydroxylation is 1. The largest absolute Gasteiger partial charge is 0.401 e. The highest BCUT2D eigenvalue weighted by Crippen LogP contribution is 2.59. The minimum Gasteiger partial charge on any atom is -0.358 e. The fourth-order valence-electron chi connectivity index (χ4n) is 4.46. The van der Waals surface area contributed by atoms with E-state index in [9.17, 15) is 22.4 Å². The zero-order valence-electron chi connectivity index (χ0n) is 21.3. The Labute approximate surface area is 229 Å². The van der Waals surface area contributed by atoms with E-state index in [1.807, 2.05) is 25.0 Å². The van der Waals surface area contributed by atoms with Crippen LogP contribution in [0.5, 0.6) is 0 Å². The van der Waals surface area contributed by atoms with Crippen LogP contribution in [0.1, 0.15) is 36.8 Å². The molecule has 1 saturated carbocycles. The number of anilines is 3. The van der Waals surface area contributed by atoms with Crippen molar-refractivity contribution in [2.45, 2.75) is 42.5 Å². The van der Waals surface area contributed by atoms with Gasteiger partial charge in [-0.05, 0) is 37.0 Å². The summed E-state index contributed by atoms with van der Waals surface area (Å²) >= 11 is 1.81. The number of nitrogens with one attached hydrogen (secondary N) is 2. The number of alkyl halides is 3. The smallest absolute Gasteiger partial charge is 0.358 e. The first-order valence-corrected chi connectivity index (χ1v) is 13.3. The number of amides is 1. The first-order chi connectivity index (χ1) is 19.0.